The summed E-state index contributed by atoms with van der Waals surface area (Å²) in [6, 6.07) is 6.13. The number of benzene rings is 1. The molecule has 1 aromatic heterocycles. The minimum atomic E-state index is -3.88. The van der Waals surface area contributed by atoms with Crippen LogP contribution in [0.15, 0.2) is 46.1 Å². The van der Waals surface area contributed by atoms with Crippen molar-refractivity contribution in [2.75, 3.05) is 6.54 Å². The Balaban J connectivity index is 1.86. The number of hydrogen-bond donors (Lipinski definition) is 2. The molecule has 0 unspecified atom stereocenters. The molecule has 1 amide bonds. The van der Waals surface area contributed by atoms with Crippen molar-refractivity contribution < 1.29 is 17.6 Å². The quantitative estimate of drug-likeness (QED) is 0.776. The van der Waals surface area contributed by atoms with Crippen molar-refractivity contribution in [1.82, 2.24) is 10.0 Å². The van der Waals surface area contributed by atoms with E-state index in [2.05, 4.69) is 10.0 Å². The summed E-state index contributed by atoms with van der Waals surface area (Å²) < 4.78 is 31.5. The van der Waals surface area contributed by atoms with E-state index in [0.29, 0.717) is 6.54 Å². The van der Waals surface area contributed by atoms with Gasteiger partial charge < -0.3 is 9.73 Å². The lowest BCUT2D eigenvalue weighted by Gasteiger charge is -2.10. The molecule has 23 heavy (non-hydrogen) atoms. The molecule has 124 valence electrons. The van der Waals surface area contributed by atoms with Crippen molar-refractivity contribution in [2.45, 2.75) is 17.9 Å². The first kappa shape index (κ1) is 17.8. The lowest BCUT2D eigenvalue weighted by Crippen LogP contribution is -2.30. The molecule has 1 heterocycles. The van der Waals surface area contributed by atoms with E-state index in [1.165, 1.54) is 24.7 Å². The molecule has 2 aromatic rings. The third-order valence-corrected chi connectivity index (χ3v) is 5.32. The Morgan fingerprint density at radius 1 is 1.17 bits per heavy atom. The van der Waals surface area contributed by atoms with Gasteiger partial charge in [0.15, 0.2) is 0 Å². The second-order valence-corrected chi connectivity index (χ2v) is 7.13. The second kappa shape index (κ2) is 7.83. The van der Waals surface area contributed by atoms with E-state index >= 15 is 0 Å². The summed E-state index contributed by atoms with van der Waals surface area (Å²) in [5.74, 6) is -0.292. The molecule has 6 nitrogen and oxygen atoms in total. The van der Waals surface area contributed by atoms with Crippen LogP contribution in [0.3, 0.4) is 0 Å². The van der Waals surface area contributed by atoms with Gasteiger partial charge in [0.25, 0.3) is 0 Å². The molecule has 0 fully saturated rings. The van der Waals surface area contributed by atoms with Crippen molar-refractivity contribution in [2.24, 2.45) is 0 Å². The number of furan rings is 1. The van der Waals surface area contributed by atoms with Gasteiger partial charge in [-0.05, 0) is 18.2 Å². The molecule has 2 rings (SSSR count). The molecule has 0 aliphatic rings. The zero-order valence-corrected chi connectivity index (χ0v) is 14.2. The molecule has 0 saturated carbocycles. The summed E-state index contributed by atoms with van der Waals surface area (Å²) in [5.41, 5.74) is 0.821. The van der Waals surface area contributed by atoms with E-state index in [1.54, 1.807) is 12.1 Å². The van der Waals surface area contributed by atoms with Crippen molar-refractivity contribution >= 4 is 39.1 Å². The lowest BCUT2D eigenvalue weighted by molar-refractivity contribution is -0.121. The van der Waals surface area contributed by atoms with Crippen LogP contribution < -0.4 is 10.0 Å². The standard InChI is InChI=1S/C14H14Cl2N2O4S/c15-11-2-1-3-12(16)14(11)23(20,21)18-6-4-13(19)17-8-10-5-7-22-9-10/h1-3,5,7,9,18H,4,6,8H2,(H,17,19). The topological polar surface area (TPSA) is 88.4 Å². The zero-order valence-electron chi connectivity index (χ0n) is 11.9. The normalized spacial score (nSPS) is 11.4. The number of hydrogen-bond acceptors (Lipinski definition) is 4. The van der Waals surface area contributed by atoms with Crippen molar-refractivity contribution in [3.8, 4) is 0 Å². The largest absolute Gasteiger partial charge is 0.472 e. The van der Waals surface area contributed by atoms with Gasteiger partial charge in [-0.3, -0.25) is 4.79 Å². The average molecular weight is 377 g/mol. The Morgan fingerprint density at radius 3 is 2.48 bits per heavy atom. The first-order chi connectivity index (χ1) is 10.9. The molecule has 0 radical (unpaired) electrons. The van der Waals surface area contributed by atoms with Crippen LogP contribution in [0.5, 0.6) is 0 Å². The van der Waals surface area contributed by atoms with Crippen LogP contribution in [0, 0.1) is 0 Å². The van der Waals surface area contributed by atoms with Crippen LogP contribution in [0.1, 0.15) is 12.0 Å². The van der Waals surface area contributed by atoms with E-state index in [9.17, 15) is 13.2 Å². The van der Waals surface area contributed by atoms with Gasteiger partial charge in [-0.1, -0.05) is 29.3 Å². The molecule has 1 aromatic carbocycles. The monoisotopic (exact) mass is 376 g/mol. The molecule has 0 aliphatic heterocycles. The number of sulfonamides is 1. The third kappa shape index (κ3) is 4.97. The smallest absolute Gasteiger partial charge is 0.243 e. The van der Waals surface area contributed by atoms with Crippen molar-refractivity contribution in [3.63, 3.8) is 0 Å². The first-order valence-electron chi connectivity index (χ1n) is 6.61. The molecule has 2 N–H and O–H groups in total. The predicted molar refractivity (Wildman–Crippen MR) is 86.8 cm³/mol. The molecule has 0 atom stereocenters. The van der Waals surface area contributed by atoms with E-state index in [1.807, 2.05) is 0 Å². The summed E-state index contributed by atoms with van der Waals surface area (Å²) in [4.78, 5) is 11.5. The van der Waals surface area contributed by atoms with Crippen LogP contribution in [0.2, 0.25) is 10.0 Å². The maximum Gasteiger partial charge on any atom is 0.243 e. The number of rotatable bonds is 7. The summed E-state index contributed by atoms with van der Waals surface area (Å²) in [6.07, 6.45) is 3.00. The highest BCUT2D eigenvalue weighted by Crippen LogP contribution is 2.28. The Kier molecular flexibility index (Phi) is 6.06. The van der Waals surface area contributed by atoms with Gasteiger partial charge in [0, 0.05) is 25.1 Å². The summed E-state index contributed by atoms with van der Waals surface area (Å²) in [7, 11) is -3.88. The minimum Gasteiger partial charge on any atom is -0.472 e. The van der Waals surface area contributed by atoms with Crippen LogP contribution in [-0.2, 0) is 21.4 Å². The SMILES string of the molecule is O=C(CCNS(=O)(=O)c1c(Cl)cccc1Cl)NCc1ccoc1. The highest BCUT2D eigenvalue weighted by molar-refractivity contribution is 7.89. The molecular weight excluding hydrogens is 363 g/mol. The van der Waals surface area contributed by atoms with Gasteiger partial charge in [0.2, 0.25) is 15.9 Å². The van der Waals surface area contributed by atoms with E-state index in [4.69, 9.17) is 27.6 Å². The molecule has 0 aliphatic carbocycles. The van der Waals surface area contributed by atoms with E-state index in [-0.39, 0.29) is 33.8 Å². The molecular formula is C14H14Cl2N2O4S. The Bertz CT molecular complexity index is 756. The zero-order chi connectivity index (χ0) is 16.9. The highest BCUT2D eigenvalue weighted by atomic mass is 35.5. The summed E-state index contributed by atoms with van der Waals surface area (Å²) in [6.45, 7) is 0.250. The van der Waals surface area contributed by atoms with Gasteiger partial charge in [0.05, 0.1) is 22.6 Å². The fourth-order valence-electron chi connectivity index (χ4n) is 1.79. The maximum atomic E-state index is 12.2. The van der Waals surface area contributed by atoms with Crippen LogP contribution in [0.25, 0.3) is 0 Å². The minimum absolute atomic E-state index is 0.0147. The van der Waals surface area contributed by atoms with Gasteiger partial charge in [-0.25, -0.2) is 13.1 Å². The Hall–Kier alpha value is -1.54. The average Bonchev–Trinajstić information content (AvgIpc) is 2.97. The Labute approximate surface area is 143 Å². The van der Waals surface area contributed by atoms with E-state index in [0.717, 1.165) is 5.56 Å². The summed E-state index contributed by atoms with van der Waals surface area (Å²) in [5, 5.41) is 2.69. The molecule has 9 heteroatoms. The number of halogens is 2. The predicted octanol–water partition coefficient (Wildman–Crippen LogP) is 2.57. The lowest BCUT2D eigenvalue weighted by atomic mass is 10.3. The van der Waals surface area contributed by atoms with E-state index < -0.39 is 10.0 Å². The third-order valence-electron chi connectivity index (χ3n) is 2.90. The van der Waals surface area contributed by atoms with Gasteiger partial charge in [-0.2, -0.15) is 0 Å². The second-order valence-electron chi connectivity index (χ2n) is 4.61. The number of carbonyl (C=O) groups excluding carboxylic acids is 1. The fraction of sp³-hybridized carbons (Fsp3) is 0.214. The van der Waals surface area contributed by atoms with Gasteiger partial charge in [-0.15, -0.1) is 0 Å². The summed E-state index contributed by atoms with van der Waals surface area (Å²) >= 11 is 11.7. The molecule has 0 spiro atoms. The maximum absolute atomic E-state index is 12.2. The number of amides is 1. The molecule has 0 saturated heterocycles. The van der Waals surface area contributed by atoms with Crippen LogP contribution in [-0.4, -0.2) is 20.9 Å². The fourth-order valence-corrected chi connectivity index (χ4v) is 3.96. The van der Waals surface area contributed by atoms with Crippen molar-refractivity contribution in [1.29, 1.82) is 0 Å². The van der Waals surface area contributed by atoms with Crippen molar-refractivity contribution in [3.05, 3.63) is 52.4 Å². The van der Waals surface area contributed by atoms with Gasteiger partial charge in [0.1, 0.15) is 4.90 Å². The highest BCUT2D eigenvalue weighted by Gasteiger charge is 2.21. The number of nitrogens with one attached hydrogen (secondary N) is 2. The Morgan fingerprint density at radius 2 is 1.87 bits per heavy atom. The van der Waals surface area contributed by atoms with Crippen LogP contribution in [0.4, 0.5) is 0 Å². The first-order valence-corrected chi connectivity index (χ1v) is 8.85. The van der Waals surface area contributed by atoms with Gasteiger partial charge >= 0.3 is 0 Å². The van der Waals surface area contributed by atoms with Crippen LogP contribution >= 0.6 is 23.2 Å². The molecule has 0 bridgehead atoms. The number of carbonyl (C=O) groups is 1.